The second-order valence-electron chi connectivity index (χ2n) is 9.70. The fraction of sp³-hybridized carbons (Fsp3) is 0.520. The van der Waals surface area contributed by atoms with Gasteiger partial charge in [0.1, 0.15) is 12.1 Å². The number of rotatable bonds is 7. The molecule has 2 saturated heterocycles. The molecule has 0 unspecified atom stereocenters. The molecule has 0 spiro atoms. The lowest BCUT2D eigenvalue weighted by molar-refractivity contribution is 0.0143. The van der Waals surface area contributed by atoms with Gasteiger partial charge in [0.15, 0.2) is 11.6 Å². The van der Waals surface area contributed by atoms with E-state index in [1.54, 1.807) is 12.4 Å². The number of nitrogen functional groups attached to an aromatic ring is 1. The van der Waals surface area contributed by atoms with Crippen molar-refractivity contribution >= 4 is 11.6 Å². The number of benzene rings is 1. The lowest BCUT2D eigenvalue weighted by atomic mass is 9.86. The van der Waals surface area contributed by atoms with Crippen molar-refractivity contribution in [3.05, 3.63) is 59.7 Å². The van der Waals surface area contributed by atoms with Gasteiger partial charge in [-0.2, -0.15) is 4.98 Å². The highest BCUT2D eigenvalue weighted by Gasteiger charge is 2.57. The zero-order valence-electron chi connectivity index (χ0n) is 19.7. The largest absolute Gasteiger partial charge is 0.383 e. The first-order valence-electron chi connectivity index (χ1n) is 12.3. The highest BCUT2D eigenvalue weighted by atomic mass is 19.2. The van der Waals surface area contributed by atoms with Gasteiger partial charge < -0.3 is 21.3 Å². The monoisotopic (exact) mass is 470 g/mol. The Hall–Kier alpha value is -2.78. The number of nitrogens with zero attached hydrogens (tertiary/aromatic N) is 4. The topological polar surface area (TPSA) is 79.1 Å². The van der Waals surface area contributed by atoms with E-state index in [-0.39, 0.29) is 5.92 Å². The molecule has 34 heavy (non-hydrogen) atoms. The van der Waals surface area contributed by atoms with Crippen molar-refractivity contribution in [2.24, 2.45) is 0 Å². The van der Waals surface area contributed by atoms with E-state index in [0.29, 0.717) is 10.3 Å². The first-order valence-corrected chi connectivity index (χ1v) is 12.3. The lowest BCUT2D eigenvalue weighted by Crippen LogP contribution is -2.78. The maximum atomic E-state index is 14.0. The van der Waals surface area contributed by atoms with Crippen LogP contribution < -0.4 is 20.9 Å². The molecule has 182 valence electrons. The Morgan fingerprint density at radius 1 is 1.12 bits per heavy atom. The SMILES string of the molecule is CCc1c(N)ncnc1[N+]1(C2(CCN3CCC3)NC=CN2)CCC(c2ccc(F)c(F)c2)CC1. The highest BCUT2D eigenvalue weighted by Crippen LogP contribution is 2.43. The molecule has 3 aliphatic rings. The summed E-state index contributed by atoms with van der Waals surface area (Å²) in [4.78, 5) is 11.6. The van der Waals surface area contributed by atoms with Crippen LogP contribution >= 0.6 is 0 Å². The van der Waals surface area contributed by atoms with Crippen LogP contribution in [0.5, 0.6) is 0 Å². The first kappa shape index (κ1) is 23.0. The molecule has 0 radical (unpaired) electrons. The second-order valence-corrected chi connectivity index (χ2v) is 9.70. The van der Waals surface area contributed by atoms with Gasteiger partial charge in [0.05, 0.1) is 25.1 Å². The Bertz CT molecular complexity index is 1050. The molecule has 0 bridgehead atoms. The molecule has 2 fully saturated rings. The molecule has 4 N–H and O–H groups in total. The van der Waals surface area contributed by atoms with Crippen molar-refractivity contribution in [2.45, 2.75) is 50.7 Å². The van der Waals surface area contributed by atoms with Gasteiger partial charge in [-0.25, -0.2) is 18.2 Å². The fourth-order valence-electron chi connectivity index (χ4n) is 5.94. The normalized spacial score (nSPS) is 26.0. The third-order valence-electron chi connectivity index (χ3n) is 8.05. The number of likely N-dealkylation sites (tertiary alicyclic amines) is 2. The van der Waals surface area contributed by atoms with Crippen molar-refractivity contribution in [1.82, 2.24) is 30.0 Å². The predicted molar refractivity (Wildman–Crippen MR) is 129 cm³/mol. The minimum atomic E-state index is -0.802. The Morgan fingerprint density at radius 3 is 2.47 bits per heavy atom. The Kier molecular flexibility index (Phi) is 6.16. The van der Waals surface area contributed by atoms with Crippen LogP contribution in [0.1, 0.15) is 49.7 Å². The number of nitrogens with two attached hydrogens (primary N) is 1. The number of hydrogen-bond acceptors (Lipinski definition) is 6. The zero-order chi connectivity index (χ0) is 23.8. The number of hydrogen-bond donors (Lipinski definition) is 3. The maximum Gasteiger partial charge on any atom is 0.257 e. The number of anilines is 1. The molecular formula is C25H34F2N7+. The summed E-state index contributed by atoms with van der Waals surface area (Å²) in [5.41, 5.74) is 8.17. The first-order chi connectivity index (χ1) is 16.5. The summed E-state index contributed by atoms with van der Waals surface area (Å²) < 4.78 is 28.1. The zero-order valence-corrected chi connectivity index (χ0v) is 19.7. The molecule has 0 aliphatic carbocycles. The standard InChI is InChI=1S/C25H34F2N7/c1-2-20-23(28)29-17-30-24(20)34(25(31-9-10-32-25)8-13-33-11-3-12-33)14-6-18(7-15-34)19-4-5-21(26)22(27)16-19/h4-5,9-10,16-18,31-32H,2-3,6-8,11-15H2,1H3,(H2,28,29,30)/q+1. The molecule has 0 amide bonds. The summed E-state index contributed by atoms with van der Waals surface area (Å²) in [6.07, 6.45) is 10.1. The molecule has 3 aliphatic heterocycles. The van der Waals surface area contributed by atoms with E-state index < -0.39 is 17.4 Å². The van der Waals surface area contributed by atoms with E-state index in [1.807, 2.05) is 12.4 Å². The van der Waals surface area contributed by atoms with Gasteiger partial charge in [0.25, 0.3) is 5.79 Å². The minimum absolute atomic E-state index is 0.160. The summed E-state index contributed by atoms with van der Waals surface area (Å²) >= 11 is 0. The van der Waals surface area contributed by atoms with E-state index >= 15 is 0 Å². The second kappa shape index (κ2) is 9.11. The number of nitrogens with one attached hydrogen (secondary N) is 2. The molecule has 5 rings (SSSR count). The van der Waals surface area contributed by atoms with Gasteiger partial charge in [-0.05, 0) is 49.5 Å². The van der Waals surface area contributed by atoms with Gasteiger partial charge >= 0.3 is 0 Å². The minimum Gasteiger partial charge on any atom is -0.383 e. The van der Waals surface area contributed by atoms with E-state index in [4.69, 9.17) is 10.7 Å². The van der Waals surface area contributed by atoms with E-state index in [2.05, 4.69) is 27.4 Å². The van der Waals surface area contributed by atoms with Crippen molar-refractivity contribution < 1.29 is 8.78 Å². The molecule has 9 heteroatoms. The van der Waals surface area contributed by atoms with E-state index in [0.717, 1.165) is 75.4 Å². The van der Waals surface area contributed by atoms with Crippen molar-refractivity contribution in [3.8, 4) is 0 Å². The van der Waals surface area contributed by atoms with Gasteiger partial charge in [0, 0.05) is 31.8 Å². The summed E-state index contributed by atoms with van der Waals surface area (Å²) in [5.74, 6) is -0.409. The summed E-state index contributed by atoms with van der Waals surface area (Å²) in [6.45, 7) is 6.92. The van der Waals surface area contributed by atoms with Crippen molar-refractivity contribution in [2.75, 3.05) is 38.5 Å². The van der Waals surface area contributed by atoms with Gasteiger partial charge in [-0.15, -0.1) is 0 Å². The number of halogens is 2. The maximum absolute atomic E-state index is 14.0. The van der Waals surface area contributed by atoms with Crippen LogP contribution in [0, 0.1) is 11.6 Å². The highest BCUT2D eigenvalue weighted by molar-refractivity contribution is 5.56. The molecule has 4 heterocycles. The van der Waals surface area contributed by atoms with Crippen LogP contribution in [0.4, 0.5) is 20.4 Å². The Balaban J connectivity index is 1.52. The van der Waals surface area contributed by atoms with E-state index in [1.165, 1.54) is 18.6 Å². The average molecular weight is 471 g/mol. The van der Waals surface area contributed by atoms with E-state index in [9.17, 15) is 8.78 Å². The van der Waals surface area contributed by atoms with Crippen molar-refractivity contribution in [1.29, 1.82) is 0 Å². The quantitative estimate of drug-likeness (QED) is 0.540. The summed E-state index contributed by atoms with van der Waals surface area (Å²) in [7, 11) is 0. The molecule has 1 aromatic carbocycles. The summed E-state index contributed by atoms with van der Waals surface area (Å²) in [6, 6.07) is 4.31. The molecule has 2 aromatic rings. The van der Waals surface area contributed by atoms with Crippen LogP contribution in [0.25, 0.3) is 0 Å². The third-order valence-corrected chi connectivity index (χ3v) is 8.05. The number of quaternary nitrogens is 1. The molecule has 7 nitrogen and oxygen atoms in total. The Morgan fingerprint density at radius 2 is 1.85 bits per heavy atom. The summed E-state index contributed by atoms with van der Waals surface area (Å²) in [5, 5.41) is 7.34. The molecule has 1 aromatic heterocycles. The lowest BCUT2D eigenvalue weighted by Gasteiger charge is -2.54. The molecular weight excluding hydrogens is 436 g/mol. The molecule has 0 atom stereocenters. The van der Waals surface area contributed by atoms with Crippen LogP contribution in [-0.2, 0) is 6.42 Å². The molecule has 0 saturated carbocycles. The number of aromatic nitrogens is 2. The van der Waals surface area contributed by atoms with Gasteiger partial charge in [-0.1, -0.05) is 13.0 Å². The fourth-order valence-corrected chi connectivity index (χ4v) is 5.94. The van der Waals surface area contributed by atoms with Crippen LogP contribution in [0.3, 0.4) is 0 Å². The Labute approximate surface area is 199 Å². The van der Waals surface area contributed by atoms with Crippen LogP contribution in [0.2, 0.25) is 0 Å². The van der Waals surface area contributed by atoms with Crippen molar-refractivity contribution in [3.63, 3.8) is 0 Å². The van der Waals surface area contributed by atoms with Gasteiger partial charge in [0.2, 0.25) is 5.82 Å². The van der Waals surface area contributed by atoms with Gasteiger partial charge in [-0.3, -0.25) is 0 Å². The number of piperidine rings is 1. The van der Waals surface area contributed by atoms with Crippen LogP contribution in [0.15, 0.2) is 36.9 Å². The third kappa shape index (κ3) is 3.80. The smallest absolute Gasteiger partial charge is 0.257 e. The van der Waals surface area contributed by atoms with Crippen LogP contribution in [-0.4, -0.2) is 53.4 Å². The average Bonchev–Trinajstić information content (AvgIpc) is 3.30. The predicted octanol–water partition coefficient (Wildman–Crippen LogP) is 3.20.